The Balaban J connectivity index is 1.69. The Hall–Kier alpha value is -1.84. The van der Waals surface area contributed by atoms with Gasteiger partial charge in [-0.15, -0.1) is 0 Å². The summed E-state index contributed by atoms with van der Waals surface area (Å²) in [5, 5.41) is 12.1. The predicted octanol–water partition coefficient (Wildman–Crippen LogP) is 1.91. The number of benzene rings is 1. The molecule has 0 bridgehead atoms. The van der Waals surface area contributed by atoms with Gasteiger partial charge in [0.05, 0.1) is 0 Å². The third kappa shape index (κ3) is 2.19. The number of amides is 1. The van der Waals surface area contributed by atoms with Gasteiger partial charge in [0, 0.05) is 5.92 Å². The van der Waals surface area contributed by atoms with Crippen LogP contribution in [0.25, 0.3) is 0 Å². The van der Waals surface area contributed by atoms with Crippen molar-refractivity contribution in [3.8, 4) is 0 Å². The van der Waals surface area contributed by atoms with E-state index in [0.717, 1.165) is 25.7 Å². The van der Waals surface area contributed by atoms with Gasteiger partial charge >= 0.3 is 5.97 Å². The highest BCUT2D eigenvalue weighted by Gasteiger charge is 2.46. The first kappa shape index (κ1) is 13.2. The van der Waals surface area contributed by atoms with Gasteiger partial charge in [-0.1, -0.05) is 24.3 Å². The van der Waals surface area contributed by atoms with Crippen LogP contribution >= 0.6 is 0 Å². The largest absolute Gasteiger partial charge is 0.480 e. The molecule has 0 aromatic heterocycles. The Bertz CT molecular complexity index is 548. The quantitative estimate of drug-likeness (QED) is 0.884. The van der Waals surface area contributed by atoms with E-state index in [1.165, 1.54) is 11.1 Å². The first-order valence-corrected chi connectivity index (χ1v) is 7.23. The number of nitrogens with one attached hydrogen (secondary N) is 1. The maximum atomic E-state index is 12.3. The van der Waals surface area contributed by atoms with Gasteiger partial charge in [-0.05, 0) is 49.7 Å². The van der Waals surface area contributed by atoms with Crippen LogP contribution in [0.1, 0.15) is 36.8 Å². The normalized spacial score (nSPS) is 23.3. The number of hydrogen-bond donors (Lipinski definition) is 2. The summed E-state index contributed by atoms with van der Waals surface area (Å²) in [5.74, 6) is -1.09. The molecule has 2 N–H and O–H groups in total. The fourth-order valence-electron chi connectivity index (χ4n) is 3.18. The molecule has 0 spiro atoms. The number of aryl methyl sites for hydroxylation is 1. The Labute approximate surface area is 118 Å². The molecule has 20 heavy (non-hydrogen) atoms. The fraction of sp³-hybridized carbons (Fsp3) is 0.500. The standard InChI is InChI=1S/C16H19NO3/c18-14(17-16(15(19)20)8-3-9-16)13-7-6-11-4-1-2-5-12(11)10-13/h1-2,4-5,13H,3,6-10H2,(H,17,18)(H,19,20). The zero-order valence-electron chi connectivity index (χ0n) is 11.4. The van der Waals surface area contributed by atoms with Crippen LogP contribution in [0, 0.1) is 5.92 Å². The van der Waals surface area contributed by atoms with Crippen LogP contribution in [0.3, 0.4) is 0 Å². The average molecular weight is 273 g/mol. The van der Waals surface area contributed by atoms with E-state index in [0.29, 0.717) is 12.8 Å². The molecule has 4 heteroatoms. The number of aliphatic carboxylic acids is 1. The lowest BCUT2D eigenvalue weighted by molar-refractivity contribution is -0.152. The SMILES string of the molecule is O=C(NC1(C(=O)O)CCC1)C1CCc2ccccc2C1. The van der Waals surface area contributed by atoms with Crippen LogP contribution < -0.4 is 5.32 Å². The third-order valence-corrected chi connectivity index (χ3v) is 4.70. The summed E-state index contributed by atoms with van der Waals surface area (Å²) < 4.78 is 0. The monoisotopic (exact) mass is 273 g/mol. The van der Waals surface area contributed by atoms with E-state index >= 15 is 0 Å². The number of carbonyl (C=O) groups is 2. The Morgan fingerprint density at radius 3 is 2.50 bits per heavy atom. The maximum absolute atomic E-state index is 12.3. The molecule has 1 atom stereocenters. The summed E-state index contributed by atoms with van der Waals surface area (Å²) in [4.78, 5) is 23.7. The van der Waals surface area contributed by atoms with E-state index in [4.69, 9.17) is 0 Å². The number of carboxylic acids is 1. The number of carboxylic acid groups (broad SMARTS) is 1. The topological polar surface area (TPSA) is 66.4 Å². The minimum atomic E-state index is -0.992. The molecule has 1 amide bonds. The average Bonchev–Trinajstić information content (AvgIpc) is 2.41. The van der Waals surface area contributed by atoms with E-state index in [-0.39, 0.29) is 11.8 Å². The molecule has 1 aromatic rings. The van der Waals surface area contributed by atoms with Gasteiger partial charge in [-0.2, -0.15) is 0 Å². The lowest BCUT2D eigenvalue weighted by atomic mass is 9.75. The second-order valence-electron chi connectivity index (χ2n) is 5.94. The molecule has 4 nitrogen and oxygen atoms in total. The van der Waals surface area contributed by atoms with Gasteiger partial charge in [0.25, 0.3) is 0 Å². The van der Waals surface area contributed by atoms with E-state index in [9.17, 15) is 14.7 Å². The minimum Gasteiger partial charge on any atom is -0.480 e. The van der Waals surface area contributed by atoms with Crippen LogP contribution in [0.15, 0.2) is 24.3 Å². The Morgan fingerprint density at radius 2 is 1.90 bits per heavy atom. The van der Waals surface area contributed by atoms with E-state index in [2.05, 4.69) is 17.4 Å². The third-order valence-electron chi connectivity index (χ3n) is 4.70. The summed E-state index contributed by atoms with van der Waals surface area (Å²) in [6.45, 7) is 0. The smallest absolute Gasteiger partial charge is 0.329 e. The molecule has 2 aliphatic carbocycles. The molecule has 1 saturated carbocycles. The molecule has 0 saturated heterocycles. The zero-order valence-corrected chi connectivity index (χ0v) is 11.4. The highest BCUT2D eigenvalue weighted by atomic mass is 16.4. The van der Waals surface area contributed by atoms with Gasteiger partial charge in [0.2, 0.25) is 5.91 Å². The summed E-state index contributed by atoms with van der Waals surface area (Å²) in [7, 11) is 0. The number of carbonyl (C=O) groups excluding carboxylic acids is 1. The number of fused-ring (bicyclic) bond motifs is 1. The summed E-state index contributed by atoms with van der Waals surface area (Å²) in [6.07, 6.45) is 4.40. The van der Waals surface area contributed by atoms with Crippen molar-refractivity contribution in [1.82, 2.24) is 5.32 Å². The van der Waals surface area contributed by atoms with Crippen LogP contribution in [-0.4, -0.2) is 22.5 Å². The van der Waals surface area contributed by atoms with Gasteiger partial charge in [0.15, 0.2) is 0 Å². The van der Waals surface area contributed by atoms with Crippen molar-refractivity contribution in [2.75, 3.05) is 0 Å². The molecule has 1 aromatic carbocycles. The van der Waals surface area contributed by atoms with E-state index in [1.54, 1.807) is 0 Å². The highest BCUT2D eigenvalue weighted by molar-refractivity contribution is 5.89. The van der Waals surface area contributed by atoms with Crippen molar-refractivity contribution < 1.29 is 14.7 Å². The summed E-state index contributed by atoms with van der Waals surface area (Å²) in [6, 6.07) is 8.18. The lowest BCUT2D eigenvalue weighted by Crippen LogP contribution is -2.60. The maximum Gasteiger partial charge on any atom is 0.329 e. The van der Waals surface area contributed by atoms with Crippen molar-refractivity contribution in [3.05, 3.63) is 35.4 Å². The van der Waals surface area contributed by atoms with Crippen molar-refractivity contribution in [2.45, 2.75) is 44.1 Å². The van der Waals surface area contributed by atoms with Crippen molar-refractivity contribution >= 4 is 11.9 Å². The first-order valence-electron chi connectivity index (χ1n) is 7.23. The fourth-order valence-corrected chi connectivity index (χ4v) is 3.18. The second kappa shape index (κ2) is 4.93. The first-order chi connectivity index (χ1) is 9.61. The van der Waals surface area contributed by atoms with Gasteiger partial charge in [-0.3, -0.25) is 4.79 Å². The van der Waals surface area contributed by atoms with Crippen LogP contribution in [0.4, 0.5) is 0 Å². The molecule has 106 valence electrons. The molecule has 2 aliphatic rings. The van der Waals surface area contributed by atoms with Crippen LogP contribution in [0.5, 0.6) is 0 Å². The molecule has 0 aliphatic heterocycles. The molecule has 3 rings (SSSR count). The molecule has 0 radical (unpaired) electrons. The second-order valence-corrected chi connectivity index (χ2v) is 5.94. The van der Waals surface area contributed by atoms with Crippen LogP contribution in [-0.2, 0) is 22.4 Å². The van der Waals surface area contributed by atoms with Crippen molar-refractivity contribution in [2.24, 2.45) is 5.92 Å². The Kier molecular flexibility index (Phi) is 3.24. The molecular formula is C16H19NO3. The highest BCUT2D eigenvalue weighted by Crippen LogP contribution is 2.33. The molecule has 1 fully saturated rings. The van der Waals surface area contributed by atoms with E-state index < -0.39 is 11.5 Å². The number of hydrogen-bond acceptors (Lipinski definition) is 2. The van der Waals surface area contributed by atoms with E-state index in [1.807, 2.05) is 12.1 Å². The van der Waals surface area contributed by atoms with Gasteiger partial charge in [0.1, 0.15) is 5.54 Å². The minimum absolute atomic E-state index is 0.0956. The summed E-state index contributed by atoms with van der Waals surface area (Å²) >= 11 is 0. The van der Waals surface area contributed by atoms with Crippen LogP contribution in [0.2, 0.25) is 0 Å². The van der Waals surface area contributed by atoms with Crippen molar-refractivity contribution in [1.29, 1.82) is 0 Å². The summed E-state index contributed by atoms with van der Waals surface area (Å²) in [5.41, 5.74) is 1.54. The van der Waals surface area contributed by atoms with Gasteiger partial charge < -0.3 is 10.4 Å². The lowest BCUT2D eigenvalue weighted by Gasteiger charge is -2.39. The zero-order chi connectivity index (χ0) is 14.2. The Morgan fingerprint density at radius 1 is 1.20 bits per heavy atom. The number of rotatable bonds is 3. The predicted molar refractivity (Wildman–Crippen MR) is 74.3 cm³/mol. The molecule has 1 unspecified atom stereocenters. The molecular weight excluding hydrogens is 254 g/mol. The van der Waals surface area contributed by atoms with Crippen molar-refractivity contribution in [3.63, 3.8) is 0 Å². The molecule has 0 heterocycles. The van der Waals surface area contributed by atoms with Gasteiger partial charge in [-0.25, -0.2) is 4.79 Å².